The van der Waals surface area contributed by atoms with Crippen molar-refractivity contribution in [2.24, 2.45) is 0 Å². The Balaban J connectivity index is 1.38. The Morgan fingerprint density at radius 1 is 0.897 bits per heavy atom. The van der Waals surface area contributed by atoms with Crippen LogP contribution in [0.15, 0.2) is 48.5 Å². The molecule has 0 unspecified atom stereocenters. The van der Waals surface area contributed by atoms with E-state index < -0.39 is 0 Å². The molecule has 0 spiro atoms. The third-order valence-electron chi connectivity index (χ3n) is 4.53. The minimum absolute atomic E-state index is 0.00209. The van der Waals surface area contributed by atoms with Crippen LogP contribution in [0.2, 0.25) is 0 Å². The molecule has 150 valence electrons. The minimum Gasteiger partial charge on any atom is -0.497 e. The van der Waals surface area contributed by atoms with Crippen molar-refractivity contribution in [3.8, 4) is 5.75 Å². The second-order valence-corrected chi connectivity index (χ2v) is 6.39. The van der Waals surface area contributed by atoms with Crippen LogP contribution in [0.4, 0.5) is 0 Å². The van der Waals surface area contributed by atoms with Crippen LogP contribution in [-0.4, -0.2) is 55.3 Å². The molecule has 0 aliphatic carbocycles. The van der Waals surface area contributed by atoms with Gasteiger partial charge >= 0.3 is 0 Å². The highest BCUT2D eigenvalue weighted by Crippen LogP contribution is 2.22. The topological polar surface area (TPSA) is 105 Å². The third-order valence-corrected chi connectivity index (χ3v) is 4.53. The first-order valence-corrected chi connectivity index (χ1v) is 9.15. The van der Waals surface area contributed by atoms with E-state index in [1.165, 1.54) is 0 Å². The fourth-order valence-electron chi connectivity index (χ4n) is 2.97. The molecule has 4 amide bonds. The summed E-state index contributed by atoms with van der Waals surface area (Å²) in [6.45, 7) is 0.503. The molecule has 1 aliphatic heterocycles. The van der Waals surface area contributed by atoms with Crippen molar-refractivity contribution in [1.82, 2.24) is 15.5 Å². The van der Waals surface area contributed by atoms with E-state index in [4.69, 9.17) is 4.74 Å². The van der Waals surface area contributed by atoms with Gasteiger partial charge in [-0.05, 0) is 36.4 Å². The summed E-state index contributed by atoms with van der Waals surface area (Å²) < 4.78 is 5.04. The lowest BCUT2D eigenvalue weighted by Crippen LogP contribution is -2.37. The molecule has 0 radical (unpaired) electrons. The molecule has 8 nitrogen and oxygen atoms in total. The van der Waals surface area contributed by atoms with Crippen LogP contribution in [-0.2, 0) is 4.79 Å². The minimum atomic E-state index is -0.384. The van der Waals surface area contributed by atoms with E-state index in [9.17, 15) is 19.2 Å². The smallest absolute Gasteiger partial charge is 0.261 e. The van der Waals surface area contributed by atoms with E-state index in [0.717, 1.165) is 4.90 Å². The Morgan fingerprint density at radius 2 is 1.48 bits per heavy atom. The quantitative estimate of drug-likeness (QED) is 0.517. The van der Waals surface area contributed by atoms with Crippen LogP contribution in [0, 0.1) is 0 Å². The maximum absolute atomic E-state index is 12.2. The molecular weight excluding hydrogens is 374 g/mol. The van der Waals surface area contributed by atoms with E-state index in [0.29, 0.717) is 22.4 Å². The van der Waals surface area contributed by atoms with Gasteiger partial charge in [0, 0.05) is 31.6 Å². The summed E-state index contributed by atoms with van der Waals surface area (Å²) in [5.74, 6) is -0.671. The van der Waals surface area contributed by atoms with Crippen molar-refractivity contribution >= 4 is 23.6 Å². The van der Waals surface area contributed by atoms with Crippen LogP contribution in [0.5, 0.6) is 5.75 Å². The largest absolute Gasteiger partial charge is 0.497 e. The van der Waals surface area contributed by atoms with Gasteiger partial charge in [0.05, 0.1) is 18.2 Å². The molecule has 2 aromatic rings. The Hall–Kier alpha value is -3.68. The Labute approximate surface area is 167 Å². The van der Waals surface area contributed by atoms with Gasteiger partial charge in [-0.1, -0.05) is 12.1 Å². The summed E-state index contributed by atoms with van der Waals surface area (Å²) in [4.78, 5) is 49.6. The fraction of sp³-hybridized carbons (Fsp3) is 0.238. The molecule has 1 aliphatic rings. The van der Waals surface area contributed by atoms with Crippen LogP contribution in [0.1, 0.15) is 37.5 Å². The number of carbonyl (C=O) groups excluding carboxylic acids is 4. The summed E-state index contributed by atoms with van der Waals surface area (Å²) in [7, 11) is 1.55. The number of nitrogens with one attached hydrogen (secondary N) is 2. The third kappa shape index (κ3) is 4.60. The van der Waals surface area contributed by atoms with Crippen molar-refractivity contribution in [2.45, 2.75) is 6.42 Å². The maximum atomic E-state index is 12.2. The van der Waals surface area contributed by atoms with E-state index in [2.05, 4.69) is 10.6 Å². The molecule has 0 fully saturated rings. The average Bonchev–Trinajstić information content (AvgIpc) is 2.99. The van der Waals surface area contributed by atoms with E-state index in [-0.39, 0.29) is 49.7 Å². The first-order chi connectivity index (χ1) is 14.0. The van der Waals surface area contributed by atoms with Crippen LogP contribution < -0.4 is 15.4 Å². The Kier molecular flexibility index (Phi) is 6.23. The average molecular weight is 395 g/mol. The summed E-state index contributed by atoms with van der Waals surface area (Å²) in [6.07, 6.45) is -0.00209. The Bertz CT molecular complexity index is 905. The number of fused-ring (bicyclic) bond motifs is 1. The van der Waals surface area contributed by atoms with Gasteiger partial charge < -0.3 is 15.4 Å². The molecule has 0 saturated heterocycles. The second-order valence-electron chi connectivity index (χ2n) is 6.39. The molecule has 0 aromatic heterocycles. The van der Waals surface area contributed by atoms with E-state index >= 15 is 0 Å². The molecule has 2 aromatic carbocycles. The van der Waals surface area contributed by atoms with E-state index in [1.54, 1.807) is 55.6 Å². The SMILES string of the molecule is COc1ccc(C(=O)NCCNC(=O)CCN2C(=O)c3ccccc3C2=O)cc1. The molecule has 0 saturated carbocycles. The lowest BCUT2D eigenvalue weighted by molar-refractivity contribution is -0.121. The van der Waals surface area contributed by atoms with Crippen LogP contribution >= 0.6 is 0 Å². The number of nitrogens with zero attached hydrogens (tertiary/aromatic N) is 1. The van der Waals surface area contributed by atoms with Crippen LogP contribution in [0.25, 0.3) is 0 Å². The van der Waals surface area contributed by atoms with Gasteiger partial charge in [0.2, 0.25) is 5.91 Å². The first-order valence-electron chi connectivity index (χ1n) is 9.15. The fourth-order valence-corrected chi connectivity index (χ4v) is 2.97. The Morgan fingerprint density at radius 3 is 2.07 bits per heavy atom. The zero-order chi connectivity index (χ0) is 20.8. The van der Waals surface area contributed by atoms with Gasteiger partial charge in [-0.15, -0.1) is 0 Å². The monoisotopic (exact) mass is 395 g/mol. The van der Waals surface area contributed by atoms with Gasteiger partial charge in [0.15, 0.2) is 0 Å². The highest BCUT2D eigenvalue weighted by atomic mass is 16.5. The second kappa shape index (κ2) is 9.01. The maximum Gasteiger partial charge on any atom is 0.261 e. The number of imide groups is 1. The summed E-state index contributed by atoms with van der Waals surface area (Å²) in [5.41, 5.74) is 1.21. The normalized spacial score (nSPS) is 12.5. The van der Waals surface area contributed by atoms with Gasteiger partial charge in [-0.25, -0.2) is 0 Å². The number of amides is 4. The number of benzene rings is 2. The number of methoxy groups -OCH3 is 1. The lowest BCUT2D eigenvalue weighted by Gasteiger charge is -2.13. The van der Waals surface area contributed by atoms with Crippen molar-refractivity contribution < 1.29 is 23.9 Å². The zero-order valence-electron chi connectivity index (χ0n) is 15.9. The van der Waals surface area contributed by atoms with Crippen LogP contribution in [0.3, 0.4) is 0 Å². The molecule has 8 heteroatoms. The lowest BCUT2D eigenvalue weighted by atomic mass is 10.1. The predicted octanol–water partition coefficient (Wildman–Crippen LogP) is 1.23. The number of hydrogen-bond acceptors (Lipinski definition) is 5. The van der Waals surface area contributed by atoms with E-state index in [1.807, 2.05) is 0 Å². The summed E-state index contributed by atoms with van der Waals surface area (Å²) in [5, 5.41) is 5.36. The van der Waals surface area contributed by atoms with Crippen molar-refractivity contribution in [1.29, 1.82) is 0 Å². The highest BCUT2D eigenvalue weighted by molar-refractivity contribution is 6.21. The van der Waals surface area contributed by atoms with Crippen molar-refractivity contribution in [2.75, 3.05) is 26.7 Å². The van der Waals surface area contributed by atoms with Crippen molar-refractivity contribution in [3.63, 3.8) is 0 Å². The standard InChI is InChI=1S/C21H21N3O5/c1-29-15-8-6-14(7-9-15)19(26)23-12-11-22-18(25)10-13-24-20(27)16-4-2-3-5-17(16)21(24)28/h2-9H,10-13H2,1H3,(H,22,25)(H,23,26). The van der Waals surface area contributed by atoms with Gasteiger partial charge in [0.1, 0.15) is 5.75 Å². The number of carbonyl (C=O) groups is 4. The van der Waals surface area contributed by atoms with Gasteiger partial charge in [-0.2, -0.15) is 0 Å². The molecular formula is C21H21N3O5. The van der Waals surface area contributed by atoms with Gasteiger partial charge in [-0.3, -0.25) is 24.1 Å². The van der Waals surface area contributed by atoms with Crippen molar-refractivity contribution in [3.05, 3.63) is 65.2 Å². The number of rotatable bonds is 8. The molecule has 3 rings (SSSR count). The van der Waals surface area contributed by atoms with Gasteiger partial charge in [0.25, 0.3) is 17.7 Å². The first kappa shape index (κ1) is 20.1. The molecule has 1 heterocycles. The molecule has 2 N–H and O–H groups in total. The number of ether oxygens (including phenoxy) is 1. The predicted molar refractivity (Wildman–Crippen MR) is 105 cm³/mol. The molecule has 0 atom stereocenters. The summed E-state index contributed by atoms with van der Waals surface area (Å²) in [6, 6.07) is 13.3. The highest BCUT2D eigenvalue weighted by Gasteiger charge is 2.34. The number of hydrogen-bond donors (Lipinski definition) is 2. The molecule has 29 heavy (non-hydrogen) atoms. The summed E-state index contributed by atoms with van der Waals surface area (Å²) >= 11 is 0. The molecule has 0 bridgehead atoms. The zero-order valence-corrected chi connectivity index (χ0v) is 15.9.